The summed E-state index contributed by atoms with van der Waals surface area (Å²) in [5.74, 6) is -1.14. The fraction of sp³-hybridized carbons (Fsp3) is 0.158. The lowest BCUT2D eigenvalue weighted by atomic mass is 10.0. The molecule has 0 saturated heterocycles. The van der Waals surface area contributed by atoms with Crippen LogP contribution in [0.5, 0.6) is 5.75 Å². The summed E-state index contributed by atoms with van der Waals surface area (Å²) in [7, 11) is 1.54. The van der Waals surface area contributed by atoms with Crippen LogP contribution >= 0.6 is 0 Å². The van der Waals surface area contributed by atoms with Crippen LogP contribution in [-0.2, 0) is 6.54 Å². The van der Waals surface area contributed by atoms with Gasteiger partial charge in [-0.1, -0.05) is 23.4 Å². The number of carbonyl (C=O) groups is 1. The number of ether oxygens (including phenoxy) is 1. The third kappa shape index (κ3) is 3.42. The van der Waals surface area contributed by atoms with Crippen LogP contribution in [0.25, 0.3) is 11.3 Å². The highest BCUT2D eigenvalue weighted by Crippen LogP contribution is 2.28. The first-order valence-corrected chi connectivity index (χ1v) is 7.83. The van der Waals surface area contributed by atoms with E-state index < -0.39 is 17.5 Å². The van der Waals surface area contributed by atoms with Crippen LogP contribution in [0.4, 0.5) is 8.78 Å². The maximum Gasteiger partial charge on any atom is 0.257 e. The van der Waals surface area contributed by atoms with Crippen molar-refractivity contribution in [1.29, 1.82) is 0 Å². The Balaban J connectivity index is 1.87. The smallest absolute Gasteiger partial charge is 0.257 e. The van der Waals surface area contributed by atoms with Crippen LogP contribution in [0.15, 0.2) is 47.0 Å². The molecular weight excluding hydrogens is 342 g/mol. The maximum atomic E-state index is 14.1. The zero-order chi connectivity index (χ0) is 18.7. The minimum Gasteiger partial charge on any atom is -0.496 e. The van der Waals surface area contributed by atoms with Crippen molar-refractivity contribution in [2.45, 2.75) is 13.5 Å². The molecule has 1 heterocycles. The molecule has 26 heavy (non-hydrogen) atoms. The van der Waals surface area contributed by atoms with E-state index in [1.807, 2.05) is 18.2 Å². The van der Waals surface area contributed by atoms with Gasteiger partial charge in [0.05, 0.1) is 7.11 Å². The van der Waals surface area contributed by atoms with Gasteiger partial charge < -0.3 is 14.6 Å². The zero-order valence-electron chi connectivity index (χ0n) is 14.2. The van der Waals surface area contributed by atoms with Crippen molar-refractivity contribution in [2.75, 3.05) is 7.11 Å². The molecule has 0 spiro atoms. The van der Waals surface area contributed by atoms with Gasteiger partial charge in [0.1, 0.15) is 34.4 Å². The second-order valence-electron chi connectivity index (χ2n) is 5.58. The number of halogens is 2. The Morgan fingerprint density at radius 3 is 2.73 bits per heavy atom. The van der Waals surface area contributed by atoms with Gasteiger partial charge in [0, 0.05) is 23.7 Å². The molecule has 1 aromatic heterocycles. The number of nitrogens with zero attached hydrogens (tertiary/aromatic N) is 1. The highest BCUT2D eigenvalue weighted by atomic mass is 19.1. The van der Waals surface area contributed by atoms with Crippen molar-refractivity contribution in [3.8, 4) is 17.0 Å². The molecule has 2 aromatic carbocycles. The Kier molecular flexibility index (Phi) is 4.97. The van der Waals surface area contributed by atoms with Crippen LogP contribution in [0, 0.1) is 18.6 Å². The predicted molar refractivity (Wildman–Crippen MR) is 90.8 cm³/mol. The number of nitrogens with one attached hydrogen (secondary N) is 1. The summed E-state index contributed by atoms with van der Waals surface area (Å²) in [6.07, 6.45) is 0. The molecule has 0 atom stereocenters. The van der Waals surface area contributed by atoms with Gasteiger partial charge in [-0.05, 0) is 25.1 Å². The molecular formula is C19H16F2N2O3. The number of hydrogen-bond acceptors (Lipinski definition) is 4. The number of rotatable bonds is 5. The third-order valence-corrected chi connectivity index (χ3v) is 3.91. The molecule has 0 radical (unpaired) electrons. The Morgan fingerprint density at radius 1 is 1.23 bits per heavy atom. The van der Waals surface area contributed by atoms with E-state index in [0.29, 0.717) is 5.75 Å². The number of aryl methyl sites for hydroxylation is 1. The average Bonchev–Trinajstić information content (AvgIpc) is 3.01. The van der Waals surface area contributed by atoms with E-state index in [4.69, 9.17) is 9.26 Å². The molecule has 1 amide bonds. The molecule has 0 bridgehead atoms. The van der Waals surface area contributed by atoms with E-state index in [-0.39, 0.29) is 29.1 Å². The summed E-state index contributed by atoms with van der Waals surface area (Å²) >= 11 is 0. The lowest BCUT2D eigenvalue weighted by molar-refractivity contribution is 0.0949. The number of hydrogen-bond donors (Lipinski definition) is 1. The largest absolute Gasteiger partial charge is 0.496 e. The van der Waals surface area contributed by atoms with E-state index in [0.717, 1.165) is 17.7 Å². The minimum atomic E-state index is -0.822. The SMILES string of the molecule is COc1ccccc1CNC(=O)c1c(-c2ccc(F)cc2F)noc1C. The standard InChI is InChI=1S/C19H16F2N2O3/c1-11-17(18(23-26-11)14-8-7-13(20)9-15(14)21)19(24)22-10-12-5-3-4-6-16(12)25-2/h3-9H,10H2,1-2H3,(H,22,24). The molecule has 0 fully saturated rings. The van der Waals surface area contributed by atoms with Crippen molar-refractivity contribution in [1.82, 2.24) is 10.5 Å². The van der Waals surface area contributed by atoms with Gasteiger partial charge in [-0.15, -0.1) is 0 Å². The van der Waals surface area contributed by atoms with Gasteiger partial charge in [-0.2, -0.15) is 0 Å². The van der Waals surface area contributed by atoms with E-state index in [9.17, 15) is 13.6 Å². The summed E-state index contributed by atoms with van der Waals surface area (Å²) in [6, 6.07) is 10.3. The second kappa shape index (κ2) is 7.35. The number of carbonyl (C=O) groups excluding carboxylic acids is 1. The van der Waals surface area contributed by atoms with E-state index in [1.54, 1.807) is 20.1 Å². The molecule has 0 aliphatic rings. The summed E-state index contributed by atoms with van der Waals surface area (Å²) in [5.41, 5.74) is 0.903. The lowest BCUT2D eigenvalue weighted by Crippen LogP contribution is -2.24. The fourth-order valence-corrected chi connectivity index (χ4v) is 2.62. The van der Waals surface area contributed by atoms with Crippen molar-refractivity contribution in [3.63, 3.8) is 0 Å². The molecule has 0 aliphatic carbocycles. The third-order valence-electron chi connectivity index (χ3n) is 3.91. The summed E-state index contributed by atoms with van der Waals surface area (Å²) < 4.78 is 37.5. The first kappa shape index (κ1) is 17.6. The topological polar surface area (TPSA) is 64.4 Å². The van der Waals surface area contributed by atoms with Crippen LogP contribution < -0.4 is 10.1 Å². The monoisotopic (exact) mass is 358 g/mol. The van der Waals surface area contributed by atoms with E-state index in [2.05, 4.69) is 10.5 Å². The van der Waals surface area contributed by atoms with Crippen LogP contribution in [0.3, 0.4) is 0 Å². The molecule has 7 heteroatoms. The van der Waals surface area contributed by atoms with Gasteiger partial charge >= 0.3 is 0 Å². The summed E-state index contributed by atoms with van der Waals surface area (Å²) in [5, 5.41) is 6.51. The average molecular weight is 358 g/mol. The quantitative estimate of drug-likeness (QED) is 0.752. The molecule has 1 N–H and O–H groups in total. The summed E-state index contributed by atoms with van der Waals surface area (Å²) in [6.45, 7) is 1.76. The molecule has 134 valence electrons. The predicted octanol–water partition coefficient (Wildman–Crippen LogP) is 3.87. The summed E-state index contributed by atoms with van der Waals surface area (Å²) in [4.78, 5) is 12.6. The molecule has 3 aromatic rings. The van der Waals surface area contributed by atoms with Gasteiger partial charge in [-0.3, -0.25) is 4.79 Å². The zero-order valence-corrected chi connectivity index (χ0v) is 14.2. The van der Waals surface area contributed by atoms with Crippen LogP contribution in [0.2, 0.25) is 0 Å². The number of amides is 1. The molecule has 0 aliphatic heterocycles. The van der Waals surface area contributed by atoms with Gasteiger partial charge in [0.15, 0.2) is 0 Å². The van der Waals surface area contributed by atoms with Crippen LogP contribution in [0.1, 0.15) is 21.7 Å². The number of para-hydroxylation sites is 1. The normalized spacial score (nSPS) is 10.6. The van der Waals surface area contributed by atoms with Crippen molar-refractivity contribution in [3.05, 3.63) is 71.0 Å². The second-order valence-corrected chi connectivity index (χ2v) is 5.58. The minimum absolute atomic E-state index is 0.00862. The first-order chi connectivity index (χ1) is 12.5. The molecule has 0 unspecified atom stereocenters. The Labute approximate surface area is 148 Å². The van der Waals surface area contributed by atoms with E-state index in [1.165, 1.54) is 6.07 Å². The van der Waals surface area contributed by atoms with Gasteiger partial charge in [-0.25, -0.2) is 8.78 Å². The Hall–Kier alpha value is -3.22. The van der Waals surface area contributed by atoms with Crippen molar-refractivity contribution < 1.29 is 22.8 Å². The Bertz CT molecular complexity index is 954. The first-order valence-electron chi connectivity index (χ1n) is 7.83. The van der Waals surface area contributed by atoms with Gasteiger partial charge in [0.25, 0.3) is 5.91 Å². The van der Waals surface area contributed by atoms with Crippen molar-refractivity contribution in [2.24, 2.45) is 0 Å². The Morgan fingerprint density at radius 2 is 2.00 bits per heavy atom. The van der Waals surface area contributed by atoms with Gasteiger partial charge in [0.2, 0.25) is 0 Å². The fourth-order valence-electron chi connectivity index (χ4n) is 2.62. The highest BCUT2D eigenvalue weighted by Gasteiger charge is 2.23. The van der Waals surface area contributed by atoms with Crippen LogP contribution in [-0.4, -0.2) is 18.2 Å². The highest BCUT2D eigenvalue weighted by molar-refractivity contribution is 6.00. The molecule has 0 saturated carbocycles. The molecule has 5 nitrogen and oxygen atoms in total. The number of methoxy groups -OCH3 is 1. The maximum absolute atomic E-state index is 14.1. The van der Waals surface area contributed by atoms with Crippen molar-refractivity contribution >= 4 is 5.91 Å². The number of benzene rings is 2. The van der Waals surface area contributed by atoms with E-state index >= 15 is 0 Å². The lowest BCUT2D eigenvalue weighted by Gasteiger charge is -2.10. The molecule has 3 rings (SSSR count). The number of aromatic nitrogens is 1.